The smallest absolute Gasteiger partial charge is 0.262 e. The molecule has 2 rings (SSSR count). The van der Waals surface area contributed by atoms with Gasteiger partial charge in [0.05, 0.1) is 19.3 Å². The van der Waals surface area contributed by atoms with E-state index in [0.29, 0.717) is 30.3 Å². The first kappa shape index (κ1) is 21.0. The molecule has 1 N–H and O–H groups in total. The second kappa shape index (κ2) is 10.8. The maximum Gasteiger partial charge on any atom is 0.262 e. The van der Waals surface area contributed by atoms with Gasteiger partial charge in [-0.1, -0.05) is 49.4 Å². The predicted molar refractivity (Wildman–Crippen MR) is 110 cm³/mol. The van der Waals surface area contributed by atoms with Crippen molar-refractivity contribution in [1.29, 1.82) is 5.26 Å². The minimum atomic E-state index is -0.429. The summed E-state index contributed by atoms with van der Waals surface area (Å²) in [6.45, 7) is 6.80. The number of carbonyl (C=O) groups excluding carboxylic acids is 1. The summed E-state index contributed by atoms with van der Waals surface area (Å²) in [5.74, 6) is 0.713. The Labute approximate surface area is 166 Å². The standard InChI is InChI=1S/C23H26N2O3/c1-4-14-28-22-19(12-9-13-21(22)27-5-2)15-20(16-24)23(26)25-17(3)18-10-7-6-8-11-18/h6-13,15,17H,4-5,14H2,1-3H3,(H,25,26)/b20-15+/t17-/m0/s1. The van der Waals surface area contributed by atoms with Crippen LogP contribution in [0.1, 0.15) is 44.4 Å². The molecule has 1 atom stereocenters. The Bertz CT molecular complexity index is 854. The Morgan fingerprint density at radius 2 is 1.89 bits per heavy atom. The van der Waals surface area contributed by atoms with Crippen molar-refractivity contribution >= 4 is 12.0 Å². The van der Waals surface area contributed by atoms with Gasteiger partial charge in [-0.05, 0) is 38.0 Å². The number of rotatable bonds is 9. The molecule has 0 aliphatic carbocycles. The first-order valence-electron chi connectivity index (χ1n) is 9.46. The summed E-state index contributed by atoms with van der Waals surface area (Å²) in [5, 5.41) is 12.4. The predicted octanol–water partition coefficient (Wildman–Crippen LogP) is 4.66. The number of para-hydroxylation sites is 1. The molecule has 2 aromatic carbocycles. The van der Waals surface area contributed by atoms with Gasteiger partial charge in [-0.15, -0.1) is 0 Å². The Hall–Kier alpha value is -3.26. The number of nitriles is 1. The van der Waals surface area contributed by atoms with Gasteiger partial charge < -0.3 is 14.8 Å². The van der Waals surface area contributed by atoms with Gasteiger partial charge in [0.15, 0.2) is 11.5 Å². The highest BCUT2D eigenvalue weighted by molar-refractivity contribution is 6.02. The van der Waals surface area contributed by atoms with Crippen molar-refractivity contribution in [3.8, 4) is 17.6 Å². The van der Waals surface area contributed by atoms with E-state index in [4.69, 9.17) is 9.47 Å². The molecule has 0 aromatic heterocycles. The quantitative estimate of drug-likeness (QED) is 0.509. The van der Waals surface area contributed by atoms with E-state index in [1.165, 1.54) is 0 Å². The summed E-state index contributed by atoms with van der Waals surface area (Å²) in [6.07, 6.45) is 2.38. The first-order chi connectivity index (χ1) is 13.6. The van der Waals surface area contributed by atoms with Crippen molar-refractivity contribution < 1.29 is 14.3 Å². The van der Waals surface area contributed by atoms with Crippen molar-refractivity contribution in [2.45, 2.75) is 33.2 Å². The lowest BCUT2D eigenvalue weighted by Crippen LogP contribution is -2.27. The summed E-state index contributed by atoms with van der Waals surface area (Å²) in [5.41, 5.74) is 1.62. The molecule has 0 spiro atoms. The van der Waals surface area contributed by atoms with Crippen molar-refractivity contribution in [3.63, 3.8) is 0 Å². The Morgan fingerprint density at radius 3 is 2.54 bits per heavy atom. The van der Waals surface area contributed by atoms with Crippen molar-refractivity contribution in [3.05, 3.63) is 65.2 Å². The van der Waals surface area contributed by atoms with Crippen LogP contribution in [-0.2, 0) is 4.79 Å². The van der Waals surface area contributed by atoms with Crippen LogP contribution in [0, 0.1) is 11.3 Å². The van der Waals surface area contributed by atoms with Crippen LogP contribution in [0.4, 0.5) is 0 Å². The van der Waals surface area contributed by atoms with E-state index in [1.54, 1.807) is 12.1 Å². The number of nitrogens with one attached hydrogen (secondary N) is 1. The van der Waals surface area contributed by atoms with Crippen molar-refractivity contribution in [2.75, 3.05) is 13.2 Å². The molecule has 2 aromatic rings. The van der Waals surface area contributed by atoms with E-state index in [1.807, 2.05) is 69.3 Å². The minimum absolute atomic E-state index is 0.0118. The van der Waals surface area contributed by atoms with E-state index in [9.17, 15) is 10.1 Å². The molecule has 5 heteroatoms. The molecular weight excluding hydrogens is 352 g/mol. The summed E-state index contributed by atoms with van der Waals surface area (Å²) in [6, 6.07) is 16.8. The van der Waals surface area contributed by atoms with Crippen LogP contribution in [-0.4, -0.2) is 19.1 Å². The van der Waals surface area contributed by atoms with Crippen LogP contribution >= 0.6 is 0 Å². The molecule has 0 aliphatic heterocycles. The molecule has 0 heterocycles. The third-order valence-electron chi connectivity index (χ3n) is 4.07. The lowest BCUT2D eigenvalue weighted by atomic mass is 10.1. The number of ether oxygens (including phenoxy) is 2. The van der Waals surface area contributed by atoms with E-state index < -0.39 is 5.91 Å². The molecule has 0 radical (unpaired) electrons. The number of hydrogen-bond donors (Lipinski definition) is 1. The van der Waals surface area contributed by atoms with Gasteiger partial charge in [0.2, 0.25) is 0 Å². The zero-order chi connectivity index (χ0) is 20.4. The van der Waals surface area contributed by atoms with Crippen LogP contribution in [0.5, 0.6) is 11.5 Å². The molecule has 0 saturated heterocycles. The highest BCUT2D eigenvalue weighted by Gasteiger charge is 2.16. The second-order valence-corrected chi connectivity index (χ2v) is 6.23. The lowest BCUT2D eigenvalue weighted by Gasteiger charge is -2.15. The fourth-order valence-electron chi connectivity index (χ4n) is 2.68. The molecule has 5 nitrogen and oxygen atoms in total. The maximum absolute atomic E-state index is 12.6. The van der Waals surface area contributed by atoms with E-state index >= 15 is 0 Å². The number of hydrogen-bond acceptors (Lipinski definition) is 4. The molecular formula is C23H26N2O3. The van der Waals surface area contributed by atoms with Crippen molar-refractivity contribution in [2.24, 2.45) is 0 Å². The molecule has 0 unspecified atom stereocenters. The Kier molecular flexibility index (Phi) is 8.11. The molecule has 0 bridgehead atoms. The monoisotopic (exact) mass is 378 g/mol. The topological polar surface area (TPSA) is 71.3 Å². The average Bonchev–Trinajstić information content (AvgIpc) is 2.72. The van der Waals surface area contributed by atoms with E-state index in [0.717, 1.165) is 12.0 Å². The largest absolute Gasteiger partial charge is 0.490 e. The zero-order valence-corrected chi connectivity index (χ0v) is 16.6. The van der Waals surface area contributed by atoms with Crippen LogP contribution < -0.4 is 14.8 Å². The highest BCUT2D eigenvalue weighted by Crippen LogP contribution is 2.33. The van der Waals surface area contributed by atoms with E-state index in [-0.39, 0.29) is 11.6 Å². The Morgan fingerprint density at radius 1 is 1.14 bits per heavy atom. The SMILES string of the molecule is CCCOc1c(/C=C(\C#N)C(=O)N[C@@H](C)c2ccccc2)cccc1OCC. The molecule has 1 amide bonds. The maximum atomic E-state index is 12.6. The summed E-state index contributed by atoms with van der Waals surface area (Å²) >= 11 is 0. The van der Waals surface area contributed by atoms with Gasteiger partial charge >= 0.3 is 0 Å². The summed E-state index contributed by atoms with van der Waals surface area (Å²) < 4.78 is 11.5. The zero-order valence-electron chi connectivity index (χ0n) is 16.6. The Balaban J connectivity index is 2.29. The molecule has 28 heavy (non-hydrogen) atoms. The number of nitrogens with zero attached hydrogens (tertiary/aromatic N) is 1. The number of benzene rings is 2. The third kappa shape index (κ3) is 5.62. The molecule has 0 aliphatic rings. The second-order valence-electron chi connectivity index (χ2n) is 6.23. The van der Waals surface area contributed by atoms with Crippen LogP contribution in [0.15, 0.2) is 54.1 Å². The number of carbonyl (C=O) groups is 1. The first-order valence-corrected chi connectivity index (χ1v) is 9.46. The van der Waals surface area contributed by atoms with E-state index in [2.05, 4.69) is 5.32 Å². The van der Waals surface area contributed by atoms with Crippen LogP contribution in [0.2, 0.25) is 0 Å². The fraction of sp³-hybridized carbons (Fsp3) is 0.304. The fourth-order valence-corrected chi connectivity index (χ4v) is 2.68. The van der Waals surface area contributed by atoms with Crippen LogP contribution in [0.3, 0.4) is 0 Å². The number of amides is 1. The van der Waals surface area contributed by atoms with Crippen molar-refractivity contribution in [1.82, 2.24) is 5.32 Å². The van der Waals surface area contributed by atoms with Gasteiger partial charge in [-0.3, -0.25) is 4.79 Å². The third-order valence-corrected chi connectivity index (χ3v) is 4.07. The van der Waals surface area contributed by atoms with Gasteiger partial charge in [0, 0.05) is 5.56 Å². The molecule has 0 saturated carbocycles. The normalized spacial score (nSPS) is 12.0. The highest BCUT2D eigenvalue weighted by atomic mass is 16.5. The molecule has 0 fully saturated rings. The lowest BCUT2D eigenvalue weighted by molar-refractivity contribution is -0.117. The minimum Gasteiger partial charge on any atom is -0.490 e. The average molecular weight is 378 g/mol. The summed E-state index contributed by atoms with van der Waals surface area (Å²) in [7, 11) is 0. The van der Waals surface area contributed by atoms with Gasteiger partial charge in [-0.2, -0.15) is 5.26 Å². The van der Waals surface area contributed by atoms with Gasteiger partial charge in [0.1, 0.15) is 11.6 Å². The van der Waals surface area contributed by atoms with Gasteiger partial charge in [0.25, 0.3) is 5.91 Å². The van der Waals surface area contributed by atoms with Gasteiger partial charge in [-0.25, -0.2) is 0 Å². The van der Waals surface area contributed by atoms with Crippen LogP contribution in [0.25, 0.3) is 6.08 Å². The molecule has 146 valence electrons. The summed E-state index contributed by atoms with van der Waals surface area (Å²) in [4.78, 5) is 12.6.